The van der Waals surface area contributed by atoms with Crippen LogP contribution in [0.15, 0.2) is 23.4 Å². The van der Waals surface area contributed by atoms with E-state index in [0.29, 0.717) is 17.0 Å². The van der Waals surface area contributed by atoms with Crippen molar-refractivity contribution in [1.29, 1.82) is 0 Å². The van der Waals surface area contributed by atoms with Crippen LogP contribution in [0.25, 0.3) is 0 Å². The highest BCUT2D eigenvalue weighted by Gasteiger charge is 2.14. The Balaban J connectivity index is 2.62. The Morgan fingerprint density at radius 3 is 2.89 bits per heavy atom. The molecule has 0 radical (unpaired) electrons. The van der Waals surface area contributed by atoms with Crippen LogP contribution in [0.3, 0.4) is 0 Å². The lowest BCUT2D eigenvalue weighted by Gasteiger charge is -2.13. The molecule has 0 aliphatic rings. The molecule has 6 heteroatoms. The van der Waals surface area contributed by atoms with E-state index in [0.717, 1.165) is 0 Å². The van der Waals surface area contributed by atoms with Crippen molar-refractivity contribution < 1.29 is 14.7 Å². The van der Waals surface area contributed by atoms with Crippen molar-refractivity contribution >= 4 is 23.6 Å². The molecule has 1 heterocycles. The third kappa shape index (κ3) is 4.37. The lowest BCUT2D eigenvalue weighted by atomic mass is 10.1. The number of carboxylic acid groups (broad SMARTS) is 1. The van der Waals surface area contributed by atoms with E-state index < -0.39 is 5.97 Å². The fourth-order valence-corrected chi connectivity index (χ4v) is 1.99. The van der Waals surface area contributed by atoms with Crippen LogP contribution >= 0.6 is 11.8 Å². The number of pyridine rings is 1. The summed E-state index contributed by atoms with van der Waals surface area (Å²) in [6.07, 6.45) is 3.95. The zero-order chi connectivity index (χ0) is 13.5. The molecule has 0 bridgehead atoms. The number of amides is 1. The van der Waals surface area contributed by atoms with Gasteiger partial charge in [0.15, 0.2) is 0 Å². The standard InChI is InChI=1S/C12H16N2O3S/c1-8(5-6-10(15)16)14-11(17)9-4-3-7-13-12(9)18-2/h3-4,7-8H,5-6H2,1-2H3,(H,14,17)(H,15,16). The van der Waals surface area contributed by atoms with Crippen LogP contribution in [0.1, 0.15) is 30.1 Å². The number of carbonyl (C=O) groups excluding carboxylic acids is 1. The van der Waals surface area contributed by atoms with Gasteiger partial charge in [0.05, 0.1) is 5.56 Å². The average molecular weight is 268 g/mol. The largest absolute Gasteiger partial charge is 0.481 e. The maximum absolute atomic E-state index is 12.0. The molecular weight excluding hydrogens is 252 g/mol. The van der Waals surface area contributed by atoms with Crippen LogP contribution < -0.4 is 5.32 Å². The number of carbonyl (C=O) groups is 2. The van der Waals surface area contributed by atoms with Gasteiger partial charge in [0, 0.05) is 18.7 Å². The van der Waals surface area contributed by atoms with Crippen molar-refractivity contribution in [2.45, 2.75) is 30.8 Å². The minimum Gasteiger partial charge on any atom is -0.481 e. The number of aliphatic carboxylic acids is 1. The van der Waals surface area contributed by atoms with E-state index in [1.54, 1.807) is 25.3 Å². The highest BCUT2D eigenvalue weighted by Crippen LogP contribution is 2.16. The summed E-state index contributed by atoms with van der Waals surface area (Å²) >= 11 is 1.40. The summed E-state index contributed by atoms with van der Waals surface area (Å²) in [7, 11) is 0. The van der Waals surface area contributed by atoms with Gasteiger partial charge in [-0.15, -0.1) is 11.8 Å². The SMILES string of the molecule is CSc1ncccc1C(=O)NC(C)CCC(=O)O. The van der Waals surface area contributed by atoms with Crippen molar-refractivity contribution in [3.05, 3.63) is 23.9 Å². The van der Waals surface area contributed by atoms with E-state index in [4.69, 9.17) is 5.11 Å². The summed E-state index contributed by atoms with van der Waals surface area (Å²) in [6.45, 7) is 1.79. The Bertz CT molecular complexity index is 437. The zero-order valence-electron chi connectivity index (χ0n) is 10.3. The lowest BCUT2D eigenvalue weighted by Crippen LogP contribution is -2.33. The van der Waals surface area contributed by atoms with Gasteiger partial charge < -0.3 is 10.4 Å². The molecule has 1 unspecified atom stereocenters. The Hall–Kier alpha value is -1.56. The van der Waals surface area contributed by atoms with Crippen LogP contribution in [-0.2, 0) is 4.79 Å². The summed E-state index contributed by atoms with van der Waals surface area (Å²) < 4.78 is 0. The van der Waals surface area contributed by atoms with E-state index >= 15 is 0 Å². The molecule has 1 aromatic rings. The van der Waals surface area contributed by atoms with Crippen molar-refractivity contribution in [2.24, 2.45) is 0 Å². The molecule has 18 heavy (non-hydrogen) atoms. The Morgan fingerprint density at radius 1 is 1.56 bits per heavy atom. The number of aromatic nitrogens is 1. The molecule has 0 aliphatic heterocycles. The van der Waals surface area contributed by atoms with Crippen LogP contribution in [0.2, 0.25) is 0 Å². The smallest absolute Gasteiger partial charge is 0.303 e. The minimum absolute atomic E-state index is 0.0455. The van der Waals surface area contributed by atoms with Crippen molar-refractivity contribution in [3.63, 3.8) is 0 Å². The summed E-state index contributed by atoms with van der Waals surface area (Å²) in [5.74, 6) is -1.08. The monoisotopic (exact) mass is 268 g/mol. The van der Waals surface area contributed by atoms with E-state index in [1.165, 1.54) is 11.8 Å². The van der Waals surface area contributed by atoms with E-state index in [2.05, 4.69) is 10.3 Å². The van der Waals surface area contributed by atoms with Gasteiger partial charge in [0.25, 0.3) is 5.91 Å². The number of hydrogen-bond acceptors (Lipinski definition) is 4. The Kier molecular flexibility index (Phi) is 5.64. The summed E-state index contributed by atoms with van der Waals surface area (Å²) in [5, 5.41) is 12.0. The average Bonchev–Trinajstić information content (AvgIpc) is 2.36. The minimum atomic E-state index is -0.859. The molecule has 1 atom stereocenters. The molecule has 0 saturated heterocycles. The van der Waals surface area contributed by atoms with E-state index in [-0.39, 0.29) is 18.4 Å². The van der Waals surface area contributed by atoms with Gasteiger partial charge in [0.2, 0.25) is 0 Å². The van der Waals surface area contributed by atoms with Crippen molar-refractivity contribution in [1.82, 2.24) is 10.3 Å². The predicted octanol–water partition coefficient (Wildman–Crippen LogP) is 1.79. The van der Waals surface area contributed by atoms with Crippen LogP contribution in [0.5, 0.6) is 0 Å². The van der Waals surface area contributed by atoms with Crippen LogP contribution in [-0.4, -0.2) is 34.3 Å². The molecule has 0 aromatic carbocycles. The van der Waals surface area contributed by atoms with Crippen LogP contribution in [0, 0.1) is 0 Å². The summed E-state index contributed by atoms with van der Waals surface area (Å²) in [4.78, 5) is 26.5. The third-order valence-electron chi connectivity index (χ3n) is 2.38. The highest BCUT2D eigenvalue weighted by atomic mass is 32.2. The van der Waals surface area contributed by atoms with Gasteiger partial charge in [-0.1, -0.05) is 0 Å². The first kappa shape index (κ1) is 14.5. The third-order valence-corrected chi connectivity index (χ3v) is 3.09. The molecule has 5 nitrogen and oxygen atoms in total. The number of rotatable bonds is 6. The Morgan fingerprint density at radius 2 is 2.28 bits per heavy atom. The molecule has 0 saturated carbocycles. The molecule has 1 rings (SSSR count). The molecule has 0 spiro atoms. The van der Waals surface area contributed by atoms with Gasteiger partial charge in [-0.2, -0.15) is 0 Å². The molecule has 0 fully saturated rings. The fourth-order valence-electron chi connectivity index (χ4n) is 1.44. The van der Waals surface area contributed by atoms with Gasteiger partial charge in [-0.25, -0.2) is 4.98 Å². The maximum atomic E-state index is 12.0. The van der Waals surface area contributed by atoms with Gasteiger partial charge in [-0.3, -0.25) is 9.59 Å². The zero-order valence-corrected chi connectivity index (χ0v) is 11.2. The van der Waals surface area contributed by atoms with E-state index in [1.807, 2.05) is 6.26 Å². The molecule has 1 aromatic heterocycles. The second kappa shape index (κ2) is 7.00. The van der Waals surface area contributed by atoms with Gasteiger partial charge >= 0.3 is 5.97 Å². The first-order valence-electron chi connectivity index (χ1n) is 5.56. The highest BCUT2D eigenvalue weighted by molar-refractivity contribution is 7.98. The quantitative estimate of drug-likeness (QED) is 0.769. The Labute approximate surface area is 110 Å². The second-order valence-electron chi connectivity index (χ2n) is 3.87. The number of nitrogens with zero attached hydrogens (tertiary/aromatic N) is 1. The maximum Gasteiger partial charge on any atom is 0.303 e. The van der Waals surface area contributed by atoms with E-state index in [9.17, 15) is 9.59 Å². The second-order valence-corrected chi connectivity index (χ2v) is 4.66. The predicted molar refractivity (Wildman–Crippen MR) is 69.8 cm³/mol. The summed E-state index contributed by atoms with van der Waals surface area (Å²) in [5.41, 5.74) is 0.521. The van der Waals surface area contributed by atoms with Gasteiger partial charge in [-0.05, 0) is 31.7 Å². The molecule has 98 valence electrons. The van der Waals surface area contributed by atoms with Crippen LogP contribution in [0.4, 0.5) is 0 Å². The lowest BCUT2D eigenvalue weighted by molar-refractivity contribution is -0.137. The summed E-state index contributed by atoms with van der Waals surface area (Å²) in [6, 6.07) is 3.23. The molecule has 2 N–H and O–H groups in total. The molecule has 0 aliphatic carbocycles. The van der Waals surface area contributed by atoms with Crippen molar-refractivity contribution in [3.8, 4) is 0 Å². The fraction of sp³-hybridized carbons (Fsp3) is 0.417. The normalized spacial score (nSPS) is 11.9. The molecule has 1 amide bonds. The number of carboxylic acids is 1. The topological polar surface area (TPSA) is 79.3 Å². The van der Waals surface area contributed by atoms with Gasteiger partial charge in [0.1, 0.15) is 5.03 Å². The molecular formula is C12H16N2O3S. The van der Waals surface area contributed by atoms with Crippen molar-refractivity contribution in [2.75, 3.05) is 6.26 Å². The number of thioether (sulfide) groups is 1. The first-order valence-corrected chi connectivity index (χ1v) is 6.78. The number of hydrogen-bond donors (Lipinski definition) is 2. The number of nitrogens with one attached hydrogen (secondary N) is 1. The first-order chi connectivity index (χ1) is 8.54.